The molecule has 6 aromatic rings. The number of amides is 3. The number of esters is 1. The minimum absolute atomic E-state index is 0. The number of nitrogens with one attached hydrogen (secondary N) is 3. The molecule has 104 heavy (non-hydrogen) atoms. The number of ketones is 1. The number of rotatable bonds is 21. The van der Waals surface area contributed by atoms with Crippen LogP contribution in [0.25, 0.3) is 33.4 Å². The number of likely N-dealkylation sites (N-methyl/N-ethyl adjacent to an activating group) is 1. The molecule has 6 aromatic carbocycles. The van der Waals surface area contributed by atoms with Gasteiger partial charge in [0.15, 0.2) is 8.32 Å². The average Bonchev–Trinajstić information content (AvgIpc) is 0.776. The van der Waals surface area contributed by atoms with E-state index in [0.29, 0.717) is 40.4 Å². The molecule has 25 nitrogen and oxygen atoms in total. The molecular weight excluding hydrogens is 1470 g/mol. The third-order valence-corrected chi connectivity index (χ3v) is 18.3. The standard InChI is InChI=1S/C26H37NO5Si.C25H32N2O8.C21H25NO7.C4H8O.CH4I.H2/c1-16-13-20(19-9-8-10-21(14-19)25(29)27-4)11-12-22(16)30-26-24(32-33(5,6)7)18(3)17(2)23(15-28)31-26;1-14-10-16(15-6-5-7-17(11-15)24(32)26-2)8-9-18(14)34-25-23(31)22(30)21(29)19(35-25)13-33-20(28)12-27(3)4;1-11-8-13(12-4-3-5-14(9-12)20(27)22-2)6-7-15(11)28-21-19(26)18(25)17(24)16(10-23)29-21;1-3-4(2)5;1-2;/h8-14,17-18,23-24,26,28H,15H2,1-7H3,(H,27,29);5-11,19,21-23,25,29-31H,12-13H2,1-4H3,(H,26,32);3-9,16-19,21,23-26H,10H2,1-2H3,(H,22,27);3H2,1-2H3;2H,1H3;1H/q;;;;-1;/i;;;;2D;1+1. The first-order chi connectivity index (χ1) is 49.7. The van der Waals surface area contributed by atoms with Crippen molar-refractivity contribution < 1.29 is 126 Å². The summed E-state index contributed by atoms with van der Waals surface area (Å²) in [5, 5.41) is 87.8. The van der Waals surface area contributed by atoms with E-state index >= 15 is 0 Å². The Morgan fingerprint density at radius 1 is 0.529 bits per heavy atom. The fraction of sp³-hybridized carbons (Fsp3) is 0.468. The van der Waals surface area contributed by atoms with Gasteiger partial charge in [-0.1, -0.05) is 75.4 Å². The number of carbonyl (C=O) groups excluding carboxylic acids is 5. The quantitative estimate of drug-likeness (QED) is 0.0213. The van der Waals surface area contributed by atoms with Gasteiger partial charge in [0.25, 0.3) is 17.7 Å². The third kappa shape index (κ3) is 24.6. The molecule has 0 aromatic heterocycles. The van der Waals surface area contributed by atoms with E-state index in [4.69, 9.17) is 38.2 Å². The Labute approximate surface area is 626 Å². The van der Waals surface area contributed by atoms with Gasteiger partial charge in [0, 0.05) is 45.7 Å². The summed E-state index contributed by atoms with van der Waals surface area (Å²) in [5.74, 6) is 1.13. The molecule has 3 amide bonds. The molecular formula is C77H108IN4O21Si-. The number of hydrogen-bond donors (Lipinski definition) is 11. The van der Waals surface area contributed by atoms with Crippen molar-refractivity contribution in [3.63, 3.8) is 0 Å². The molecule has 15 atom stereocenters. The van der Waals surface area contributed by atoms with Gasteiger partial charge in [0.05, 0.1) is 25.9 Å². The number of alkyl halides is 1. The van der Waals surface area contributed by atoms with Crippen LogP contribution in [0.15, 0.2) is 127 Å². The molecule has 27 heteroatoms. The van der Waals surface area contributed by atoms with Crippen molar-refractivity contribution in [2.45, 2.75) is 154 Å². The predicted molar refractivity (Wildman–Crippen MR) is 395 cm³/mol. The molecule has 9 rings (SSSR count). The second kappa shape index (κ2) is 41.6. The van der Waals surface area contributed by atoms with Gasteiger partial charge in [-0.3, -0.25) is 24.1 Å². The van der Waals surface area contributed by atoms with Crippen LogP contribution >= 0.6 is 0 Å². The Balaban J connectivity index is 0.000000319. The number of Topliss-reactive ketones (excluding diaryl/α,β-unsaturated/α-hetero) is 1. The first-order valence-corrected chi connectivity index (χ1v) is 39.7. The van der Waals surface area contributed by atoms with E-state index in [0.717, 1.165) is 50.1 Å². The maximum absolute atomic E-state index is 12.0. The molecule has 15 unspecified atom stereocenters. The van der Waals surface area contributed by atoms with Crippen LogP contribution in [0.4, 0.5) is 0 Å². The molecule has 0 saturated carbocycles. The topological polar surface area (TPSA) is 360 Å². The first kappa shape index (κ1) is 85.6. The number of nitrogens with zero attached hydrogens (tertiary/aromatic N) is 1. The predicted octanol–water partition coefficient (Wildman–Crippen LogP) is 3.26. The summed E-state index contributed by atoms with van der Waals surface area (Å²) in [4.78, 5) is 61.0. The zero-order valence-corrected chi connectivity index (χ0v) is 65.2. The van der Waals surface area contributed by atoms with Crippen molar-refractivity contribution in [1.82, 2.24) is 20.9 Å². The van der Waals surface area contributed by atoms with E-state index < -0.39 is 88.6 Å². The van der Waals surface area contributed by atoms with Crippen molar-refractivity contribution >= 4 is 37.8 Å². The van der Waals surface area contributed by atoms with Crippen LogP contribution in [0, 0.1) is 32.6 Å². The average molecular weight is 1580 g/mol. The summed E-state index contributed by atoms with van der Waals surface area (Å²) in [6, 6.07) is 38.6. The van der Waals surface area contributed by atoms with Gasteiger partial charge >= 0.3 is 33.9 Å². The fourth-order valence-electron chi connectivity index (χ4n) is 11.1. The first-order valence-electron chi connectivity index (χ1n) is 34.6. The summed E-state index contributed by atoms with van der Waals surface area (Å²) < 4.78 is 53.0. The second-order valence-electron chi connectivity index (χ2n) is 26.6. The maximum atomic E-state index is 12.0. The summed E-state index contributed by atoms with van der Waals surface area (Å²) in [5.41, 5.74) is 9.50. The van der Waals surface area contributed by atoms with Crippen LogP contribution in [0.2, 0.25) is 19.6 Å². The minimum atomic E-state index is -1.85. The van der Waals surface area contributed by atoms with E-state index in [1.165, 1.54) is 0 Å². The molecule has 574 valence electrons. The van der Waals surface area contributed by atoms with Gasteiger partial charge in [-0.2, -0.15) is 0 Å². The summed E-state index contributed by atoms with van der Waals surface area (Å²) in [6.45, 7) is 18.9. The van der Waals surface area contributed by atoms with Crippen molar-refractivity contribution in [3.8, 4) is 50.6 Å². The fourth-order valence-corrected chi connectivity index (χ4v) is 12.3. The van der Waals surface area contributed by atoms with Crippen LogP contribution in [0.5, 0.6) is 17.2 Å². The molecule has 3 saturated heterocycles. The summed E-state index contributed by atoms with van der Waals surface area (Å²) in [7, 11) is 6.35. The van der Waals surface area contributed by atoms with E-state index in [-0.39, 0.29) is 91.1 Å². The zero-order valence-electron chi connectivity index (χ0n) is 63.0. The monoisotopic (exact) mass is 1580 g/mol. The number of carbonyl (C=O) groups is 5. The Morgan fingerprint density at radius 3 is 1.19 bits per heavy atom. The van der Waals surface area contributed by atoms with Crippen molar-refractivity contribution in [3.05, 3.63) is 161 Å². The Bertz CT molecular complexity index is 3800. The molecule has 0 aliphatic carbocycles. The molecule has 3 fully saturated rings. The Morgan fingerprint density at radius 2 is 0.865 bits per heavy atom. The van der Waals surface area contributed by atoms with Crippen LogP contribution in [0.1, 0.15) is 83.3 Å². The van der Waals surface area contributed by atoms with Crippen molar-refractivity contribution in [2.24, 2.45) is 11.8 Å². The second-order valence-corrected chi connectivity index (χ2v) is 31.1. The number of halogens is 1. The van der Waals surface area contributed by atoms with Gasteiger partial charge in [-0.15, -0.1) is 0 Å². The van der Waals surface area contributed by atoms with Gasteiger partial charge in [0.2, 0.25) is 18.9 Å². The van der Waals surface area contributed by atoms with Crippen LogP contribution < -0.4 is 52.6 Å². The van der Waals surface area contributed by atoms with Crippen molar-refractivity contribution in [1.29, 1.82) is 0.594 Å². The zero-order chi connectivity index (χ0) is 78.2. The van der Waals surface area contributed by atoms with Gasteiger partial charge in [-0.05, 0) is 196 Å². The van der Waals surface area contributed by atoms with Crippen LogP contribution in [-0.4, -0.2) is 231 Å². The van der Waals surface area contributed by atoms with Crippen LogP contribution in [0.3, 0.4) is 0 Å². The molecule has 0 spiro atoms. The van der Waals surface area contributed by atoms with E-state index in [1.54, 1.807) is 114 Å². The number of benzene rings is 6. The number of hydrogen-bond acceptors (Lipinski definition) is 22. The SMILES string of the molecule is CCC(C)=O.CNC(=O)c1cccc(-c2ccc(OC3OC(CO)C(C)C(C)C3O[Si](C)(C)C)c(C)c2)c1.CNC(=O)c1cccc(-c2ccc(OC3OC(CO)C(O)C(O)C3O)c(C)c2)c1.CNC(=O)c1cccc(-c2ccc(OC3OC(COC(=O)CN(C)C)C(O)C(O)C3O)c(C)c2)c1.[2HH].[2H][I-]C. The normalized spacial score (nSPS) is 24.3. The number of aliphatic hydroxyl groups is 8. The number of ether oxygens (including phenoxy) is 7. The number of aryl methyl sites for hydroxylation is 3. The van der Waals surface area contributed by atoms with Crippen molar-refractivity contribution in [2.75, 3.05) is 66.5 Å². The van der Waals surface area contributed by atoms with E-state index in [2.05, 4.69) is 49.4 Å². The van der Waals surface area contributed by atoms with Gasteiger partial charge in [-0.25, -0.2) is 0 Å². The number of aliphatic hydroxyl groups excluding tert-OH is 8. The van der Waals surface area contributed by atoms with E-state index in [9.17, 15) is 64.8 Å². The molecule has 3 aliphatic rings. The molecule has 0 radical (unpaired) electrons. The molecule has 3 aliphatic heterocycles. The molecule has 11 N–H and O–H groups in total. The molecule has 0 bridgehead atoms. The third-order valence-electron chi connectivity index (χ3n) is 17.4. The summed E-state index contributed by atoms with van der Waals surface area (Å²) >= 11 is -0.160. The Kier molecular flexibility index (Phi) is 34.2. The summed E-state index contributed by atoms with van der Waals surface area (Å²) in [6.07, 6.45) is -14.1. The van der Waals surface area contributed by atoms with Gasteiger partial charge < -0.3 is 99.2 Å². The molecule has 3 heterocycles. The van der Waals surface area contributed by atoms with Crippen LogP contribution in [-0.2, 0) is 33.0 Å². The van der Waals surface area contributed by atoms with E-state index in [1.807, 2.05) is 93.3 Å². The Hall–Kier alpha value is -7.30. The van der Waals surface area contributed by atoms with Gasteiger partial charge in [0.1, 0.15) is 84.6 Å².